The van der Waals surface area contributed by atoms with E-state index < -0.39 is 11.7 Å². The number of nitrogens with zero attached hydrogens (tertiary/aromatic N) is 2. The van der Waals surface area contributed by atoms with Gasteiger partial charge in [-0.2, -0.15) is 0 Å². The number of aromatic hydroxyl groups is 1. The second kappa shape index (κ2) is 3.00. The van der Waals surface area contributed by atoms with Crippen LogP contribution in [0, 0.1) is 0 Å². The molecule has 0 aliphatic carbocycles. The number of hydrogen-bond acceptors (Lipinski definition) is 3. The van der Waals surface area contributed by atoms with Gasteiger partial charge in [0.15, 0.2) is 0 Å². The fourth-order valence-electron chi connectivity index (χ4n) is 0.763. The molecule has 0 spiro atoms. The number of aromatic carboxylic acids is 1. The van der Waals surface area contributed by atoms with Gasteiger partial charge in [-0.1, -0.05) is 0 Å². The van der Waals surface area contributed by atoms with Crippen LogP contribution in [0.3, 0.4) is 0 Å². The average molecular weight is 165 g/mol. The van der Waals surface area contributed by atoms with Crippen LogP contribution in [-0.2, 0) is 0 Å². The van der Waals surface area contributed by atoms with Crippen molar-refractivity contribution in [2.24, 2.45) is 5.11 Å². The van der Waals surface area contributed by atoms with Gasteiger partial charge in [-0.15, -0.1) is 0 Å². The van der Waals surface area contributed by atoms with Crippen LogP contribution >= 0.6 is 0 Å². The third-order valence-electron chi connectivity index (χ3n) is 1.33. The van der Waals surface area contributed by atoms with E-state index in [0.717, 1.165) is 12.1 Å². The minimum atomic E-state index is -1.23. The van der Waals surface area contributed by atoms with E-state index in [0.29, 0.717) is 0 Å². The quantitative estimate of drug-likeness (QED) is 0.653. The lowest BCUT2D eigenvalue weighted by Crippen LogP contribution is -1.95. The van der Waals surface area contributed by atoms with E-state index in [1.807, 2.05) is 0 Å². The molecule has 0 amide bonds. The number of carboxylic acids is 1. The molecule has 0 saturated heterocycles. The highest BCUT2D eigenvalue weighted by Gasteiger charge is 2.07. The highest BCUT2D eigenvalue weighted by molar-refractivity contribution is 5.91. The number of benzene rings is 1. The number of hydrogen-bond donors (Lipinski definition) is 2. The Morgan fingerprint density at radius 3 is 2.58 bits per heavy atom. The predicted molar refractivity (Wildman–Crippen MR) is 40.5 cm³/mol. The molecule has 0 saturated carbocycles. The Bertz CT molecular complexity index is 335. The van der Waals surface area contributed by atoms with Crippen LogP contribution < -0.4 is 0 Å². The topological polar surface area (TPSA) is 92.2 Å². The fourth-order valence-corrected chi connectivity index (χ4v) is 0.763. The van der Waals surface area contributed by atoms with Gasteiger partial charge >= 0.3 is 5.97 Å². The first-order chi connectivity index (χ1) is 5.65. The average Bonchev–Trinajstić information content (AvgIpc) is 2.03. The van der Waals surface area contributed by atoms with E-state index in [2.05, 4.69) is 5.11 Å². The lowest BCUT2D eigenvalue weighted by molar-refractivity contribution is 0.0694. The van der Waals surface area contributed by atoms with Gasteiger partial charge in [0.2, 0.25) is 0 Å². The molecule has 5 nitrogen and oxygen atoms in total. The molecule has 0 aliphatic heterocycles. The van der Waals surface area contributed by atoms with E-state index in [-0.39, 0.29) is 11.3 Å². The maximum Gasteiger partial charge on any atom is 0.339 e. The van der Waals surface area contributed by atoms with E-state index in [1.54, 1.807) is 0 Å². The summed E-state index contributed by atoms with van der Waals surface area (Å²) in [6.45, 7) is 0. The van der Waals surface area contributed by atoms with Gasteiger partial charge in [-0.3, -0.25) is 0 Å². The maximum absolute atomic E-state index is 10.4. The molecule has 1 aromatic carbocycles. The second-order valence-electron chi connectivity index (χ2n) is 2.11. The third kappa shape index (κ3) is 1.39. The van der Waals surface area contributed by atoms with Gasteiger partial charge in [0.1, 0.15) is 11.3 Å². The Morgan fingerprint density at radius 2 is 2.17 bits per heavy atom. The van der Waals surface area contributed by atoms with E-state index >= 15 is 0 Å². The van der Waals surface area contributed by atoms with Gasteiger partial charge in [-0.05, 0) is 12.1 Å². The molecule has 0 aromatic heterocycles. The highest BCUT2D eigenvalue weighted by atomic mass is 16.4. The number of carbonyl (C=O) groups is 1. The van der Waals surface area contributed by atoms with Crippen LogP contribution in [0.15, 0.2) is 23.3 Å². The largest absolute Gasteiger partial charge is 0.706 e. The zero-order chi connectivity index (χ0) is 9.14. The molecule has 0 atom stereocenters. The molecule has 0 radical (unpaired) electrons. The van der Waals surface area contributed by atoms with Crippen molar-refractivity contribution in [3.8, 4) is 5.75 Å². The molecule has 0 unspecified atom stereocenters. The van der Waals surface area contributed by atoms with Crippen LogP contribution in [0.1, 0.15) is 10.4 Å². The minimum Gasteiger partial charge on any atom is -0.706 e. The summed E-state index contributed by atoms with van der Waals surface area (Å²) in [7, 11) is 0. The highest BCUT2D eigenvalue weighted by Crippen LogP contribution is 2.23. The van der Waals surface area contributed by atoms with Gasteiger partial charge in [-0.25, -0.2) is 4.79 Å². The van der Waals surface area contributed by atoms with Crippen molar-refractivity contribution in [3.05, 3.63) is 29.3 Å². The number of rotatable bonds is 2. The van der Waals surface area contributed by atoms with Gasteiger partial charge in [0.25, 0.3) is 0 Å². The van der Waals surface area contributed by atoms with Crippen LogP contribution in [-0.4, -0.2) is 16.2 Å². The Balaban J connectivity index is 3.20. The summed E-state index contributed by atoms with van der Waals surface area (Å²) in [5.41, 5.74) is 8.15. The van der Waals surface area contributed by atoms with Crippen molar-refractivity contribution in [1.29, 1.82) is 0 Å². The lowest BCUT2D eigenvalue weighted by atomic mass is 10.2. The smallest absolute Gasteiger partial charge is 0.339 e. The molecule has 1 rings (SSSR count). The summed E-state index contributed by atoms with van der Waals surface area (Å²) < 4.78 is 0. The summed E-state index contributed by atoms with van der Waals surface area (Å²) in [6, 6.07) is 3.50. The molecule has 12 heavy (non-hydrogen) atoms. The van der Waals surface area contributed by atoms with Crippen LogP contribution in [0.25, 0.3) is 5.53 Å². The van der Waals surface area contributed by atoms with Crippen LogP contribution in [0.5, 0.6) is 5.75 Å². The summed E-state index contributed by atoms with van der Waals surface area (Å²) in [4.78, 5) is 10.4. The normalized spacial score (nSPS) is 9.33. The Labute approximate surface area is 67.8 Å². The van der Waals surface area contributed by atoms with Crippen molar-refractivity contribution >= 4 is 11.7 Å². The molecule has 62 valence electrons. The molecule has 0 heterocycles. The third-order valence-corrected chi connectivity index (χ3v) is 1.33. The van der Waals surface area contributed by atoms with Gasteiger partial charge < -0.3 is 20.9 Å². The van der Waals surface area contributed by atoms with Crippen molar-refractivity contribution in [2.75, 3.05) is 0 Å². The molecule has 0 fully saturated rings. The summed E-state index contributed by atoms with van der Waals surface area (Å²) in [6.07, 6.45) is 0. The van der Waals surface area contributed by atoms with E-state index in [9.17, 15) is 4.79 Å². The standard InChI is InChI=1S/C7H5N2O3/c8-9-4-1-2-5(7(11)12)6(10)3-4/h1-3,10H,(H,11,12)/q-1. The van der Waals surface area contributed by atoms with Crippen LogP contribution in [0.2, 0.25) is 0 Å². The van der Waals surface area contributed by atoms with Crippen molar-refractivity contribution in [3.63, 3.8) is 0 Å². The van der Waals surface area contributed by atoms with Gasteiger partial charge in [0, 0.05) is 11.8 Å². The molecule has 1 aromatic rings. The molecule has 0 aliphatic rings. The first-order valence-electron chi connectivity index (χ1n) is 3.06. The van der Waals surface area contributed by atoms with Crippen molar-refractivity contribution in [1.82, 2.24) is 0 Å². The molecule has 0 bridgehead atoms. The SMILES string of the molecule is [N-]=Nc1ccc(C(=O)O)c(O)c1. The first-order valence-corrected chi connectivity index (χ1v) is 3.06. The van der Waals surface area contributed by atoms with Crippen LogP contribution in [0.4, 0.5) is 5.69 Å². The summed E-state index contributed by atoms with van der Waals surface area (Å²) in [5.74, 6) is -1.64. The molecule has 2 N–H and O–H groups in total. The summed E-state index contributed by atoms with van der Waals surface area (Å²) >= 11 is 0. The number of carboxylic acid groups (broad SMARTS) is 1. The zero-order valence-electron chi connectivity index (χ0n) is 5.93. The first kappa shape index (κ1) is 8.19. The molecule has 5 heteroatoms. The lowest BCUT2D eigenvalue weighted by Gasteiger charge is -2.01. The Hall–Kier alpha value is -1.91. The number of phenols is 1. The maximum atomic E-state index is 10.4. The second-order valence-corrected chi connectivity index (χ2v) is 2.11. The van der Waals surface area contributed by atoms with Crippen molar-refractivity contribution in [2.45, 2.75) is 0 Å². The summed E-state index contributed by atoms with van der Waals surface area (Å²) in [5, 5.41) is 20.3. The zero-order valence-corrected chi connectivity index (χ0v) is 5.93. The monoisotopic (exact) mass is 165 g/mol. The Kier molecular flexibility index (Phi) is 2.05. The predicted octanol–water partition coefficient (Wildman–Crippen LogP) is 1.74. The molecular weight excluding hydrogens is 160 g/mol. The Morgan fingerprint density at radius 1 is 1.50 bits per heavy atom. The van der Waals surface area contributed by atoms with Gasteiger partial charge in [0.05, 0.1) is 0 Å². The fraction of sp³-hybridized carbons (Fsp3) is 0. The van der Waals surface area contributed by atoms with E-state index in [4.69, 9.17) is 15.7 Å². The molecular formula is C7H5N2O3-. The minimum absolute atomic E-state index is 0.109. The van der Waals surface area contributed by atoms with Crippen molar-refractivity contribution < 1.29 is 15.0 Å². The van der Waals surface area contributed by atoms with E-state index in [1.165, 1.54) is 6.07 Å².